The van der Waals surface area contributed by atoms with E-state index in [-0.39, 0.29) is 0 Å². The molecule has 1 atom stereocenters. The topological polar surface area (TPSA) is 16.8 Å². The van der Waals surface area contributed by atoms with Crippen LogP contribution in [0.2, 0.25) is 0 Å². The Balaban J connectivity index is 1.17. The zero-order valence-corrected chi connectivity index (χ0v) is 20.0. The average molecular weight is 443 g/mol. The van der Waals surface area contributed by atoms with Gasteiger partial charge in [0.1, 0.15) is 5.75 Å². The lowest BCUT2D eigenvalue weighted by Gasteiger charge is -2.52. The van der Waals surface area contributed by atoms with Crippen molar-refractivity contribution in [2.45, 2.75) is 69.6 Å². The van der Waals surface area contributed by atoms with E-state index in [1.807, 2.05) is 24.3 Å². The molecule has 1 unspecified atom stereocenters. The minimum absolute atomic E-state index is 0.443. The summed E-state index contributed by atoms with van der Waals surface area (Å²) in [4.78, 5) is 6.10. The SMILES string of the molecule is [C-]#[N+]c1ccc(OCCCN2CCC(C3(C4CCCC4)CCCc4ccccc43)CC2)cc1. The third-order valence-corrected chi connectivity index (χ3v) is 8.81. The highest BCUT2D eigenvalue weighted by atomic mass is 16.5. The molecule has 0 radical (unpaired) electrons. The van der Waals surface area contributed by atoms with Crippen LogP contribution in [0.25, 0.3) is 4.85 Å². The van der Waals surface area contributed by atoms with E-state index in [0.29, 0.717) is 11.1 Å². The Morgan fingerprint density at radius 2 is 1.64 bits per heavy atom. The molecule has 5 rings (SSSR count). The predicted octanol–water partition coefficient (Wildman–Crippen LogP) is 7.18. The number of fused-ring (bicyclic) bond motifs is 1. The molecule has 3 nitrogen and oxygen atoms in total. The number of likely N-dealkylation sites (tertiary alicyclic amines) is 1. The summed E-state index contributed by atoms with van der Waals surface area (Å²) in [5, 5.41) is 0. The van der Waals surface area contributed by atoms with Crippen LogP contribution in [0.4, 0.5) is 5.69 Å². The van der Waals surface area contributed by atoms with E-state index in [1.165, 1.54) is 70.9 Å². The first kappa shape index (κ1) is 22.5. The first-order valence-electron chi connectivity index (χ1n) is 13.2. The van der Waals surface area contributed by atoms with Gasteiger partial charge in [-0.3, -0.25) is 0 Å². The summed E-state index contributed by atoms with van der Waals surface area (Å²) in [7, 11) is 0. The molecule has 2 fully saturated rings. The van der Waals surface area contributed by atoms with E-state index in [4.69, 9.17) is 11.3 Å². The normalized spacial score (nSPS) is 24.3. The molecule has 0 N–H and O–H groups in total. The molecule has 2 aliphatic carbocycles. The average Bonchev–Trinajstić information content (AvgIpc) is 3.43. The maximum atomic E-state index is 7.05. The zero-order valence-electron chi connectivity index (χ0n) is 20.0. The fraction of sp³-hybridized carbons (Fsp3) is 0.567. The van der Waals surface area contributed by atoms with Crippen LogP contribution in [0.5, 0.6) is 5.75 Å². The molecule has 2 aromatic carbocycles. The van der Waals surface area contributed by atoms with Crippen LogP contribution in [-0.2, 0) is 11.8 Å². The summed E-state index contributed by atoms with van der Waals surface area (Å²) in [6.07, 6.45) is 13.6. The summed E-state index contributed by atoms with van der Waals surface area (Å²) in [6.45, 7) is 11.4. The minimum atomic E-state index is 0.443. The fourth-order valence-electron chi connectivity index (χ4n) is 7.29. The van der Waals surface area contributed by atoms with Gasteiger partial charge in [0.2, 0.25) is 0 Å². The highest BCUT2D eigenvalue weighted by Crippen LogP contribution is 2.55. The molecule has 3 aliphatic rings. The highest BCUT2D eigenvalue weighted by molar-refractivity contribution is 5.47. The molecule has 0 bridgehead atoms. The fourth-order valence-corrected chi connectivity index (χ4v) is 7.29. The quantitative estimate of drug-likeness (QED) is 0.333. The second-order valence-corrected chi connectivity index (χ2v) is 10.5. The highest BCUT2D eigenvalue weighted by Gasteiger charge is 2.49. The Bertz CT molecular complexity index is 948. The van der Waals surface area contributed by atoms with Crippen LogP contribution in [-0.4, -0.2) is 31.1 Å². The summed E-state index contributed by atoms with van der Waals surface area (Å²) >= 11 is 0. The first-order chi connectivity index (χ1) is 16.3. The molecule has 0 aromatic heterocycles. The van der Waals surface area contributed by atoms with Gasteiger partial charge < -0.3 is 9.64 Å². The lowest BCUT2D eigenvalue weighted by molar-refractivity contribution is 0.0712. The van der Waals surface area contributed by atoms with Gasteiger partial charge in [-0.2, -0.15) is 0 Å². The number of hydrogen-bond acceptors (Lipinski definition) is 2. The Morgan fingerprint density at radius 3 is 2.39 bits per heavy atom. The van der Waals surface area contributed by atoms with E-state index in [1.54, 1.807) is 11.1 Å². The molecule has 1 saturated carbocycles. The van der Waals surface area contributed by atoms with Crippen LogP contribution in [0.15, 0.2) is 48.5 Å². The molecule has 1 saturated heterocycles. The standard InChI is InChI=1S/C30H38N2O/c1-31-27-13-15-28(16-14-27)33-23-7-20-32-21-17-26(18-22-32)30(25-10-3-4-11-25)19-6-9-24-8-2-5-12-29(24)30/h2,5,8,12-16,25-26H,3-4,6-7,9-11,17-23H2. The van der Waals surface area contributed by atoms with E-state index >= 15 is 0 Å². The Labute approximate surface area is 200 Å². The molecule has 1 aliphatic heterocycles. The second-order valence-electron chi connectivity index (χ2n) is 10.5. The minimum Gasteiger partial charge on any atom is -0.494 e. The molecule has 0 spiro atoms. The van der Waals surface area contributed by atoms with Crippen molar-refractivity contribution in [2.24, 2.45) is 11.8 Å². The van der Waals surface area contributed by atoms with Gasteiger partial charge in [-0.05, 0) is 99.6 Å². The van der Waals surface area contributed by atoms with Crippen LogP contribution >= 0.6 is 0 Å². The van der Waals surface area contributed by atoms with E-state index in [9.17, 15) is 0 Å². The molecule has 1 heterocycles. The van der Waals surface area contributed by atoms with Gasteiger partial charge in [-0.25, -0.2) is 4.85 Å². The monoisotopic (exact) mass is 442 g/mol. The lowest BCUT2D eigenvalue weighted by Crippen LogP contribution is -2.49. The van der Waals surface area contributed by atoms with Gasteiger partial charge >= 0.3 is 0 Å². The van der Waals surface area contributed by atoms with Crippen LogP contribution in [0.3, 0.4) is 0 Å². The van der Waals surface area contributed by atoms with Gasteiger partial charge in [-0.1, -0.05) is 49.2 Å². The summed E-state index contributed by atoms with van der Waals surface area (Å²) in [5.74, 6) is 2.62. The molecular formula is C30H38N2O. The molecule has 2 aromatic rings. The smallest absolute Gasteiger partial charge is 0.187 e. The van der Waals surface area contributed by atoms with Crippen LogP contribution < -0.4 is 4.74 Å². The maximum Gasteiger partial charge on any atom is 0.187 e. The van der Waals surface area contributed by atoms with Crippen molar-refractivity contribution in [3.63, 3.8) is 0 Å². The number of rotatable bonds is 7. The number of hydrogen-bond donors (Lipinski definition) is 0. The van der Waals surface area contributed by atoms with Crippen LogP contribution in [0.1, 0.15) is 68.9 Å². The Kier molecular flexibility index (Phi) is 7.02. The van der Waals surface area contributed by atoms with Crippen molar-refractivity contribution in [3.05, 3.63) is 71.1 Å². The van der Waals surface area contributed by atoms with Gasteiger partial charge in [0.15, 0.2) is 5.69 Å². The molecule has 3 heteroatoms. The molecule has 0 amide bonds. The van der Waals surface area contributed by atoms with Gasteiger partial charge in [0, 0.05) is 12.0 Å². The number of ether oxygens (including phenoxy) is 1. The van der Waals surface area contributed by atoms with Gasteiger partial charge in [0.05, 0.1) is 13.2 Å². The molecule has 33 heavy (non-hydrogen) atoms. The largest absolute Gasteiger partial charge is 0.494 e. The maximum absolute atomic E-state index is 7.05. The lowest BCUT2D eigenvalue weighted by atomic mass is 9.54. The molecule has 174 valence electrons. The van der Waals surface area contributed by atoms with E-state index in [0.717, 1.165) is 37.2 Å². The van der Waals surface area contributed by atoms with Crippen molar-refractivity contribution in [3.8, 4) is 5.75 Å². The second kappa shape index (κ2) is 10.3. The third kappa shape index (κ3) is 4.69. The number of aryl methyl sites for hydroxylation is 1. The Morgan fingerprint density at radius 1 is 0.909 bits per heavy atom. The van der Waals surface area contributed by atoms with E-state index < -0.39 is 0 Å². The number of benzene rings is 2. The zero-order chi connectivity index (χ0) is 22.5. The Hall–Kier alpha value is -2.31. The van der Waals surface area contributed by atoms with Crippen molar-refractivity contribution < 1.29 is 4.74 Å². The number of nitrogens with zero attached hydrogens (tertiary/aromatic N) is 2. The number of piperidine rings is 1. The van der Waals surface area contributed by atoms with Crippen molar-refractivity contribution in [1.29, 1.82) is 0 Å². The first-order valence-corrected chi connectivity index (χ1v) is 13.2. The van der Waals surface area contributed by atoms with Crippen molar-refractivity contribution in [2.75, 3.05) is 26.2 Å². The van der Waals surface area contributed by atoms with Crippen molar-refractivity contribution >= 4 is 5.69 Å². The summed E-state index contributed by atoms with van der Waals surface area (Å²) in [6, 6.07) is 17.0. The molecular weight excluding hydrogens is 404 g/mol. The van der Waals surface area contributed by atoms with Crippen molar-refractivity contribution in [1.82, 2.24) is 4.90 Å². The van der Waals surface area contributed by atoms with Gasteiger partial charge in [-0.15, -0.1) is 0 Å². The predicted molar refractivity (Wildman–Crippen MR) is 135 cm³/mol. The summed E-state index contributed by atoms with van der Waals surface area (Å²) < 4.78 is 5.91. The van der Waals surface area contributed by atoms with Crippen LogP contribution in [0, 0.1) is 18.4 Å². The summed E-state index contributed by atoms with van der Waals surface area (Å²) in [5.41, 5.74) is 4.50. The van der Waals surface area contributed by atoms with E-state index in [2.05, 4.69) is 34.0 Å². The van der Waals surface area contributed by atoms with Gasteiger partial charge in [0.25, 0.3) is 0 Å². The third-order valence-electron chi connectivity index (χ3n) is 8.81.